The SMILES string of the molecule is COc1cc(/C=N/NC(=O)c2ccc3nonc3c2)cc(OC)c1. The minimum Gasteiger partial charge on any atom is -0.497 e. The van der Waals surface area contributed by atoms with Crippen LogP contribution < -0.4 is 14.9 Å². The zero-order chi connectivity index (χ0) is 16.9. The molecule has 0 saturated heterocycles. The molecule has 3 aromatic rings. The maximum absolute atomic E-state index is 12.1. The van der Waals surface area contributed by atoms with Crippen LogP contribution in [-0.4, -0.2) is 36.7 Å². The third-order valence-electron chi connectivity index (χ3n) is 3.27. The van der Waals surface area contributed by atoms with E-state index in [1.54, 1.807) is 50.6 Å². The normalized spacial score (nSPS) is 10.9. The first kappa shape index (κ1) is 15.5. The summed E-state index contributed by atoms with van der Waals surface area (Å²) in [5.41, 5.74) is 4.66. The van der Waals surface area contributed by atoms with E-state index in [1.165, 1.54) is 6.21 Å². The van der Waals surface area contributed by atoms with E-state index in [0.29, 0.717) is 28.1 Å². The minimum atomic E-state index is -0.369. The molecule has 0 saturated carbocycles. The number of nitrogens with one attached hydrogen (secondary N) is 1. The van der Waals surface area contributed by atoms with Crippen LogP contribution in [-0.2, 0) is 0 Å². The first-order chi connectivity index (χ1) is 11.7. The predicted molar refractivity (Wildman–Crippen MR) is 86.4 cm³/mol. The van der Waals surface area contributed by atoms with Gasteiger partial charge in [-0.3, -0.25) is 4.79 Å². The Morgan fingerprint density at radius 1 is 1.08 bits per heavy atom. The monoisotopic (exact) mass is 326 g/mol. The molecule has 24 heavy (non-hydrogen) atoms. The molecule has 1 heterocycles. The molecule has 1 amide bonds. The van der Waals surface area contributed by atoms with Crippen LogP contribution in [0.1, 0.15) is 15.9 Å². The number of benzene rings is 2. The number of hydrazone groups is 1. The highest BCUT2D eigenvalue weighted by atomic mass is 16.6. The van der Waals surface area contributed by atoms with Gasteiger partial charge in [0.1, 0.15) is 22.5 Å². The zero-order valence-electron chi connectivity index (χ0n) is 13.0. The molecule has 8 heteroatoms. The largest absolute Gasteiger partial charge is 0.497 e. The van der Waals surface area contributed by atoms with Gasteiger partial charge in [-0.25, -0.2) is 10.1 Å². The average molecular weight is 326 g/mol. The molecule has 8 nitrogen and oxygen atoms in total. The third-order valence-corrected chi connectivity index (χ3v) is 3.27. The van der Waals surface area contributed by atoms with Gasteiger partial charge in [0.05, 0.1) is 20.4 Å². The smallest absolute Gasteiger partial charge is 0.271 e. The van der Waals surface area contributed by atoms with Gasteiger partial charge in [-0.1, -0.05) is 0 Å². The van der Waals surface area contributed by atoms with E-state index in [4.69, 9.17) is 9.47 Å². The van der Waals surface area contributed by atoms with Gasteiger partial charge < -0.3 is 9.47 Å². The van der Waals surface area contributed by atoms with E-state index in [0.717, 1.165) is 5.56 Å². The van der Waals surface area contributed by atoms with Crippen LogP contribution >= 0.6 is 0 Å². The van der Waals surface area contributed by atoms with Gasteiger partial charge >= 0.3 is 0 Å². The summed E-state index contributed by atoms with van der Waals surface area (Å²) in [6.07, 6.45) is 1.50. The van der Waals surface area contributed by atoms with E-state index in [2.05, 4.69) is 25.5 Å². The van der Waals surface area contributed by atoms with E-state index in [1.807, 2.05) is 0 Å². The number of nitrogens with zero attached hydrogens (tertiary/aromatic N) is 3. The van der Waals surface area contributed by atoms with Crippen molar-refractivity contribution in [2.24, 2.45) is 5.10 Å². The number of methoxy groups -OCH3 is 2. The second-order valence-electron chi connectivity index (χ2n) is 4.81. The number of aromatic nitrogens is 2. The van der Waals surface area contributed by atoms with Crippen molar-refractivity contribution in [1.29, 1.82) is 0 Å². The fraction of sp³-hybridized carbons (Fsp3) is 0.125. The number of fused-ring (bicyclic) bond motifs is 1. The Hall–Kier alpha value is -3.42. The van der Waals surface area contributed by atoms with Crippen LogP contribution in [0.4, 0.5) is 0 Å². The van der Waals surface area contributed by atoms with Crippen LogP contribution in [0.25, 0.3) is 11.0 Å². The van der Waals surface area contributed by atoms with Gasteiger partial charge in [-0.05, 0) is 40.6 Å². The third kappa shape index (κ3) is 3.32. The standard InChI is InChI=1S/C16H14N4O4/c1-22-12-5-10(6-13(8-12)23-2)9-17-18-16(21)11-3-4-14-15(7-11)20-24-19-14/h3-9H,1-2H3,(H,18,21)/b17-9+. The molecule has 1 aromatic heterocycles. The second-order valence-corrected chi connectivity index (χ2v) is 4.81. The number of hydrogen-bond donors (Lipinski definition) is 1. The Labute approximate surface area is 137 Å². The fourth-order valence-electron chi connectivity index (χ4n) is 2.06. The highest BCUT2D eigenvalue weighted by Gasteiger charge is 2.08. The van der Waals surface area contributed by atoms with Crippen LogP contribution in [0.2, 0.25) is 0 Å². The first-order valence-corrected chi connectivity index (χ1v) is 6.98. The maximum atomic E-state index is 12.1. The minimum absolute atomic E-state index is 0.369. The molecule has 122 valence electrons. The summed E-state index contributed by atoms with van der Waals surface area (Å²) in [6, 6.07) is 10.1. The molecule has 2 aromatic carbocycles. The predicted octanol–water partition coefficient (Wildman–Crippen LogP) is 2.00. The molecular weight excluding hydrogens is 312 g/mol. The molecule has 3 rings (SSSR count). The van der Waals surface area contributed by atoms with E-state index in [-0.39, 0.29) is 5.91 Å². The Morgan fingerprint density at radius 3 is 2.50 bits per heavy atom. The number of hydrogen-bond acceptors (Lipinski definition) is 7. The van der Waals surface area contributed by atoms with Gasteiger partial charge in [-0.15, -0.1) is 0 Å². The van der Waals surface area contributed by atoms with Gasteiger partial charge in [0, 0.05) is 17.2 Å². The maximum Gasteiger partial charge on any atom is 0.271 e. The number of rotatable bonds is 5. The average Bonchev–Trinajstić information content (AvgIpc) is 3.08. The lowest BCUT2D eigenvalue weighted by Gasteiger charge is -2.05. The Kier molecular flexibility index (Phi) is 4.37. The van der Waals surface area contributed by atoms with E-state index < -0.39 is 0 Å². The van der Waals surface area contributed by atoms with Crippen molar-refractivity contribution >= 4 is 23.2 Å². The molecule has 0 fully saturated rings. The molecule has 0 radical (unpaired) electrons. The highest BCUT2D eigenvalue weighted by molar-refractivity contribution is 5.97. The quantitative estimate of drug-likeness (QED) is 0.569. The lowest BCUT2D eigenvalue weighted by atomic mass is 10.2. The van der Waals surface area contributed by atoms with Crippen LogP contribution in [0, 0.1) is 0 Å². The summed E-state index contributed by atoms with van der Waals surface area (Å²) in [7, 11) is 3.12. The summed E-state index contributed by atoms with van der Waals surface area (Å²) in [5.74, 6) is 0.892. The van der Waals surface area contributed by atoms with Crippen LogP contribution in [0.5, 0.6) is 11.5 Å². The molecule has 0 bridgehead atoms. The fourth-order valence-corrected chi connectivity index (χ4v) is 2.06. The van der Waals surface area contributed by atoms with Crippen molar-refractivity contribution in [2.45, 2.75) is 0 Å². The van der Waals surface area contributed by atoms with Gasteiger partial charge in [-0.2, -0.15) is 5.10 Å². The lowest BCUT2D eigenvalue weighted by molar-refractivity contribution is 0.0955. The molecular formula is C16H14N4O4. The van der Waals surface area contributed by atoms with Crippen molar-refractivity contribution in [1.82, 2.24) is 15.7 Å². The summed E-state index contributed by atoms with van der Waals surface area (Å²) in [4.78, 5) is 12.1. The van der Waals surface area contributed by atoms with Gasteiger partial charge in [0.15, 0.2) is 0 Å². The second kappa shape index (κ2) is 6.78. The number of amides is 1. The molecule has 0 aliphatic heterocycles. The molecule has 1 N–H and O–H groups in total. The van der Waals surface area contributed by atoms with Crippen molar-refractivity contribution < 1.29 is 18.9 Å². The molecule has 0 spiro atoms. The number of carbonyl (C=O) groups excluding carboxylic acids is 1. The Bertz CT molecular complexity index is 882. The summed E-state index contributed by atoms with van der Waals surface area (Å²) >= 11 is 0. The molecule has 0 aliphatic rings. The van der Waals surface area contributed by atoms with Crippen molar-refractivity contribution in [3.63, 3.8) is 0 Å². The van der Waals surface area contributed by atoms with Crippen molar-refractivity contribution in [3.8, 4) is 11.5 Å². The molecule has 0 unspecified atom stereocenters. The lowest BCUT2D eigenvalue weighted by Crippen LogP contribution is -2.17. The van der Waals surface area contributed by atoms with Crippen LogP contribution in [0.15, 0.2) is 46.1 Å². The summed E-state index contributed by atoms with van der Waals surface area (Å²) in [5, 5.41) is 11.3. The van der Waals surface area contributed by atoms with Crippen molar-refractivity contribution in [3.05, 3.63) is 47.5 Å². The zero-order valence-corrected chi connectivity index (χ0v) is 13.0. The van der Waals surface area contributed by atoms with Crippen molar-refractivity contribution in [2.75, 3.05) is 14.2 Å². The van der Waals surface area contributed by atoms with Crippen LogP contribution in [0.3, 0.4) is 0 Å². The van der Waals surface area contributed by atoms with Gasteiger partial charge in [0.25, 0.3) is 5.91 Å². The van der Waals surface area contributed by atoms with Gasteiger partial charge in [0.2, 0.25) is 0 Å². The topological polar surface area (TPSA) is 98.8 Å². The molecule has 0 aliphatic carbocycles. The number of ether oxygens (including phenoxy) is 2. The highest BCUT2D eigenvalue weighted by Crippen LogP contribution is 2.21. The summed E-state index contributed by atoms with van der Waals surface area (Å²) < 4.78 is 15.0. The molecule has 0 atom stereocenters. The first-order valence-electron chi connectivity index (χ1n) is 6.98. The van der Waals surface area contributed by atoms with E-state index >= 15 is 0 Å². The van der Waals surface area contributed by atoms with E-state index in [9.17, 15) is 4.79 Å². The Morgan fingerprint density at radius 2 is 1.79 bits per heavy atom. The number of carbonyl (C=O) groups is 1. The Balaban J connectivity index is 1.72. The summed E-state index contributed by atoms with van der Waals surface area (Å²) in [6.45, 7) is 0.